The van der Waals surface area contributed by atoms with Crippen LogP contribution in [0.1, 0.15) is 36.9 Å². The van der Waals surface area contributed by atoms with Crippen molar-refractivity contribution in [2.24, 2.45) is 29.1 Å². The lowest BCUT2D eigenvalue weighted by Crippen LogP contribution is -2.49. The van der Waals surface area contributed by atoms with Gasteiger partial charge in [-0.15, -0.1) is 0 Å². The Morgan fingerprint density at radius 1 is 0.980 bits per heavy atom. The molecule has 1 N–H and O–H groups in total. The van der Waals surface area contributed by atoms with Crippen LogP contribution in [0.2, 0.25) is 5.02 Å². The first-order chi connectivity index (χ1) is 23.8. The van der Waals surface area contributed by atoms with E-state index in [2.05, 4.69) is 4.98 Å². The minimum Gasteiger partial charge on any atom is -0.491 e. The second-order valence-corrected chi connectivity index (χ2v) is 13.5. The molecule has 3 fully saturated rings. The lowest BCUT2D eigenvalue weighted by molar-refractivity contribution is -0.141. The quantitative estimate of drug-likeness (QED) is 0.256. The van der Waals surface area contributed by atoms with Gasteiger partial charge in [-0.05, 0) is 56.0 Å². The van der Waals surface area contributed by atoms with Crippen molar-refractivity contribution in [3.63, 3.8) is 0 Å². The molecule has 7 rings (SSSR count). The van der Waals surface area contributed by atoms with Crippen LogP contribution in [0, 0.1) is 29.1 Å². The Balaban J connectivity index is 1.33. The molecule has 2 aliphatic carbocycles. The van der Waals surface area contributed by atoms with Crippen molar-refractivity contribution >= 4 is 46.7 Å². The number of benzene rings is 2. The van der Waals surface area contributed by atoms with Gasteiger partial charge in [0, 0.05) is 18.5 Å². The number of halogens is 4. The van der Waals surface area contributed by atoms with Crippen molar-refractivity contribution in [3.8, 4) is 5.75 Å². The molecule has 3 aromatic rings. The molecule has 1 aromatic heterocycles. The van der Waals surface area contributed by atoms with Crippen molar-refractivity contribution in [1.29, 1.82) is 0 Å². The van der Waals surface area contributed by atoms with Gasteiger partial charge >= 0.3 is 6.18 Å². The number of aromatic nitrogens is 1. The van der Waals surface area contributed by atoms with E-state index in [1.165, 1.54) is 11.9 Å². The molecule has 260 valence electrons. The number of fused-ring (bicyclic) bond motifs is 4. The standard InChI is InChI=1S/C36H32ClF3N4O6/c1-35-24(32(47)43(34(35)49)19-8-4-3-5-9-19)18-23-20(29(35)21-10-6-7-11-26(21)50-17-16-45)12-13-22-28(23)33(48)44(31(22)46)42(2)30-25(37)14-15-27(41-30)36(38,39)40/h3-12,14-15,22-24,28-29,45H,13,16-18H2,1-2H3. The molecular formula is C36H32ClF3N4O6. The first-order valence-corrected chi connectivity index (χ1v) is 16.5. The van der Waals surface area contributed by atoms with Gasteiger partial charge in [0.2, 0.25) is 11.8 Å². The minimum atomic E-state index is -4.80. The first kappa shape index (κ1) is 33.7. The predicted molar refractivity (Wildman–Crippen MR) is 175 cm³/mol. The van der Waals surface area contributed by atoms with E-state index in [9.17, 15) is 37.5 Å². The highest BCUT2D eigenvalue weighted by molar-refractivity contribution is 6.33. The number of hydrogen-bond acceptors (Lipinski definition) is 8. The Hall–Kier alpha value is -4.75. The lowest BCUT2D eigenvalue weighted by atomic mass is 9.51. The molecule has 14 heteroatoms. The van der Waals surface area contributed by atoms with Gasteiger partial charge in [-0.3, -0.25) is 24.2 Å². The van der Waals surface area contributed by atoms with Crippen molar-refractivity contribution < 1.29 is 42.2 Å². The number of hydrogen-bond donors (Lipinski definition) is 1. The number of anilines is 2. The second kappa shape index (κ2) is 12.2. The number of nitrogens with zero attached hydrogens (tertiary/aromatic N) is 4. The number of amides is 4. The number of aliphatic hydroxyl groups excluding tert-OH is 1. The Bertz CT molecular complexity index is 1940. The Kier molecular flexibility index (Phi) is 8.25. The molecule has 6 atom stereocenters. The normalized spacial score (nSPS) is 27.6. The number of carbonyl (C=O) groups is 4. The van der Waals surface area contributed by atoms with Crippen LogP contribution in [0.15, 0.2) is 78.4 Å². The van der Waals surface area contributed by atoms with Crippen LogP contribution in [-0.2, 0) is 25.4 Å². The maximum Gasteiger partial charge on any atom is 0.433 e. The van der Waals surface area contributed by atoms with E-state index in [4.69, 9.17) is 16.3 Å². The van der Waals surface area contributed by atoms with Crippen molar-refractivity contribution in [1.82, 2.24) is 9.99 Å². The third kappa shape index (κ3) is 5.00. The molecule has 0 radical (unpaired) electrons. The number of imide groups is 2. The Morgan fingerprint density at radius 3 is 2.38 bits per heavy atom. The Morgan fingerprint density at radius 2 is 1.68 bits per heavy atom. The molecule has 4 amide bonds. The van der Waals surface area contributed by atoms with E-state index >= 15 is 0 Å². The number of hydrazine groups is 1. The summed E-state index contributed by atoms with van der Waals surface area (Å²) in [6.07, 6.45) is -2.76. The monoisotopic (exact) mass is 708 g/mol. The van der Waals surface area contributed by atoms with Gasteiger partial charge in [0.05, 0.1) is 40.5 Å². The highest BCUT2D eigenvalue weighted by Gasteiger charge is 2.68. The van der Waals surface area contributed by atoms with Gasteiger partial charge in [0.25, 0.3) is 11.8 Å². The van der Waals surface area contributed by atoms with Crippen molar-refractivity contribution in [2.45, 2.75) is 31.9 Å². The topological polar surface area (TPSA) is 120 Å². The van der Waals surface area contributed by atoms with Crippen molar-refractivity contribution in [3.05, 3.63) is 94.7 Å². The number of alkyl halides is 3. The van der Waals surface area contributed by atoms with Crippen LogP contribution in [-0.4, -0.2) is 59.0 Å². The number of carbonyl (C=O) groups excluding carboxylic acids is 4. The summed E-state index contributed by atoms with van der Waals surface area (Å²) in [4.78, 5) is 62.1. The average Bonchev–Trinajstić information content (AvgIpc) is 3.46. The summed E-state index contributed by atoms with van der Waals surface area (Å²) in [7, 11) is 1.25. The second-order valence-electron chi connectivity index (χ2n) is 13.1. The molecule has 0 bridgehead atoms. The molecular weight excluding hydrogens is 677 g/mol. The van der Waals surface area contributed by atoms with Gasteiger partial charge in [0.1, 0.15) is 18.1 Å². The largest absolute Gasteiger partial charge is 0.491 e. The summed E-state index contributed by atoms with van der Waals surface area (Å²) in [6.45, 7) is 1.46. The number of rotatable bonds is 7. The predicted octanol–water partition coefficient (Wildman–Crippen LogP) is 5.41. The van der Waals surface area contributed by atoms with Gasteiger partial charge in [-0.2, -0.15) is 18.2 Å². The zero-order valence-electron chi connectivity index (χ0n) is 26.9. The van der Waals surface area contributed by atoms with Gasteiger partial charge < -0.3 is 9.84 Å². The minimum absolute atomic E-state index is 0.0273. The summed E-state index contributed by atoms with van der Waals surface area (Å²) in [6, 6.07) is 17.3. The molecule has 4 aliphatic rings. The van der Waals surface area contributed by atoms with E-state index < -0.39 is 76.3 Å². The van der Waals surface area contributed by atoms with E-state index in [0.29, 0.717) is 28.6 Å². The average molecular weight is 709 g/mol. The summed E-state index contributed by atoms with van der Waals surface area (Å²) in [5.41, 5.74) is -0.875. The molecule has 10 nitrogen and oxygen atoms in total. The van der Waals surface area contributed by atoms with Crippen LogP contribution >= 0.6 is 11.6 Å². The molecule has 3 heterocycles. The fourth-order valence-electron chi connectivity index (χ4n) is 8.38. The van der Waals surface area contributed by atoms with E-state index in [-0.39, 0.29) is 31.1 Å². The summed E-state index contributed by atoms with van der Waals surface area (Å²) in [5, 5.41) is 11.1. The maximum absolute atomic E-state index is 14.6. The molecule has 0 spiro atoms. The number of allylic oxidation sites excluding steroid dienone is 2. The summed E-state index contributed by atoms with van der Waals surface area (Å²) >= 11 is 6.25. The fraction of sp³-hybridized carbons (Fsp3) is 0.361. The molecule has 2 saturated heterocycles. The zero-order valence-corrected chi connectivity index (χ0v) is 27.7. The van der Waals surface area contributed by atoms with Crippen LogP contribution < -0.4 is 14.6 Å². The van der Waals surface area contributed by atoms with E-state index in [0.717, 1.165) is 16.1 Å². The molecule has 6 unspecified atom stereocenters. The molecule has 50 heavy (non-hydrogen) atoms. The number of ether oxygens (including phenoxy) is 1. The fourth-order valence-corrected chi connectivity index (χ4v) is 8.61. The number of pyridine rings is 1. The summed E-state index contributed by atoms with van der Waals surface area (Å²) < 4.78 is 46.6. The maximum atomic E-state index is 14.6. The third-order valence-electron chi connectivity index (χ3n) is 10.6. The van der Waals surface area contributed by atoms with Crippen LogP contribution in [0.25, 0.3) is 0 Å². The van der Waals surface area contributed by atoms with Gasteiger partial charge in [-0.25, -0.2) is 9.88 Å². The van der Waals surface area contributed by atoms with E-state index in [1.54, 1.807) is 61.5 Å². The van der Waals surface area contributed by atoms with Gasteiger partial charge in [-0.1, -0.05) is 59.6 Å². The lowest BCUT2D eigenvalue weighted by Gasteiger charge is -2.49. The molecule has 2 aliphatic heterocycles. The number of aliphatic hydroxyl groups is 1. The highest BCUT2D eigenvalue weighted by atomic mass is 35.5. The smallest absolute Gasteiger partial charge is 0.433 e. The van der Waals surface area contributed by atoms with Crippen LogP contribution in [0.3, 0.4) is 0 Å². The highest BCUT2D eigenvalue weighted by Crippen LogP contribution is 2.64. The summed E-state index contributed by atoms with van der Waals surface area (Å²) in [5.74, 6) is -6.40. The first-order valence-electron chi connectivity index (χ1n) is 16.1. The number of para-hydroxylation sites is 2. The molecule has 1 saturated carbocycles. The molecule has 2 aromatic carbocycles. The van der Waals surface area contributed by atoms with Gasteiger partial charge in [0.15, 0.2) is 5.82 Å². The van der Waals surface area contributed by atoms with Crippen LogP contribution in [0.5, 0.6) is 5.75 Å². The third-order valence-corrected chi connectivity index (χ3v) is 10.9. The zero-order chi connectivity index (χ0) is 35.7. The van der Waals surface area contributed by atoms with Crippen LogP contribution in [0.4, 0.5) is 24.7 Å². The SMILES string of the molecule is CN(c1nc(C(F)(F)F)ccc1Cl)N1C(=O)C2CC=C3C(CC4C(=O)N(c5ccccc5)C(=O)C4(C)C3c3ccccc3OCCO)C2C1=O. The Labute approximate surface area is 290 Å². The van der Waals surface area contributed by atoms with Crippen molar-refractivity contribution in [2.75, 3.05) is 30.2 Å². The van der Waals surface area contributed by atoms with E-state index in [1.807, 2.05) is 6.08 Å².